The maximum Gasteiger partial charge on any atom is 0.312 e. The van der Waals surface area contributed by atoms with Crippen molar-refractivity contribution in [3.05, 3.63) is 48.0 Å². The third-order valence-corrected chi connectivity index (χ3v) is 5.43. The molecule has 3 aliphatic rings. The minimum atomic E-state index is -1.02. The maximum absolute atomic E-state index is 12.7. The van der Waals surface area contributed by atoms with Gasteiger partial charge >= 0.3 is 5.97 Å². The molecular formula is C18H17NO4. The number of allylic oxidation sites excluding steroid dienone is 2. The number of nitrogens with zero attached hydrogens (tertiary/aromatic N) is 1. The number of carbonyl (C=O) groups excluding carboxylic acids is 2. The van der Waals surface area contributed by atoms with E-state index >= 15 is 0 Å². The lowest BCUT2D eigenvalue weighted by Gasteiger charge is -2.21. The zero-order valence-electron chi connectivity index (χ0n) is 12.5. The Morgan fingerprint density at radius 1 is 1.09 bits per heavy atom. The smallest absolute Gasteiger partial charge is 0.312 e. The molecule has 2 amide bonds. The van der Waals surface area contributed by atoms with Crippen LogP contribution in [-0.4, -0.2) is 34.3 Å². The second-order valence-electron chi connectivity index (χ2n) is 6.59. The predicted octanol–water partition coefficient (Wildman–Crippen LogP) is 1.66. The standard InChI is InChI=1S/C18H17NO4/c20-16-14-11-6-7-12(8-11)15(14)17(21)19(16)9-13(18(22)23)10-4-2-1-3-5-10/h1-7,11-15H,8-9H2,(H,22,23). The van der Waals surface area contributed by atoms with Crippen molar-refractivity contribution in [2.45, 2.75) is 12.3 Å². The van der Waals surface area contributed by atoms with Gasteiger partial charge in [-0.2, -0.15) is 0 Å². The van der Waals surface area contributed by atoms with Crippen LogP contribution in [0.2, 0.25) is 0 Å². The van der Waals surface area contributed by atoms with E-state index in [0.717, 1.165) is 6.42 Å². The fourth-order valence-electron chi connectivity index (χ4n) is 4.34. The lowest BCUT2D eigenvalue weighted by Crippen LogP contribution is -2.38. The molecular weight excluding hydrogens is 294 g/mol. The van der Waals surface area contributed by atoms with Crippen molar-refractivity contribution < 1.29 is 19.5 Å². The summed E-state index contributed by atoms with van der Waals surface area (Å²) in [4.78, 5) is 38.1. The van der Waals surface area contributed by atoms with Gasteiger partial charge in [0, 0.05) is 6.54 Å². The van der Waals surface area contributed by atoms with E-state index in [4.69, 9.17) is 0 Å². The highest BCUT2D eigenvalue weighted by Crippen LogP contribution is 2.52. The summed E-state index contributed by atoms with van der Waals surface area (Å²) in [5.74, 6) is -2.55. The lowest BCUT2D eigenvalue weighted by atomic mass is 9.85. The number of likely N-dealkylation sites (tertiary alicyclic amines) is 1. The van der Waals surface area contributed by atoms with Gasteiger partial charge in [-0.3, -0.25) is 19.3 Å². The number of benzene rings is 1. The van der Waals surface area contributed by atoms with Crippen LogP contribution in [0.3, 0.4) is 0 Å². The first kappa shape index (κ1) is 14.2. The van der Waals surface area contributed by atoms with Gasteiger partial charge in [-0.1, -0.05) is 42.5 Å². The Hall–Kier alpha value is -2.43. The fraction of sp³-hybridized carbons (Fsp3) is 0.389. The summed E-state index contributed by atoms with van der Waals surface area (Å²) in [7, 11) is 0. The molecule has 5 heteroatoms. The molecule has 5 nitrogen and oxygen atoms in total. The number of rotatable bonds is 4. The monoisotopic (exact) mass is 311 g/mol. The number of amides is 2. The summed E-state index contributed by atoms with van der Waals surface area (Å²) in [5, 5.41) is 9.52. The van der Waals surface area contributed by atoms with Gasteiger partial charge in [-0.15, -0.1) is 0 Å². The van der Waals surface area contributed by atoms with E-state index < -0.39 is 11.9 Å². The Bertz CT molecular complexity index is 681. The molecule has 0 aromatic heterocycles. The summed E-state index contributed by atoms with van der Waals surface area (Å²) in [6.07, 6.45) is 4.94. The van der Waals surface area contributed by atoms with Crippen molar-refractivity contribution in [3.8, 4) is 0 Å². The maximum atomic E-state index is 12.7. The molecule has 1 saturated heterocycles. The Kier molecular flexibility index (Phi) is 3.11. The molecule has 1 aliphatic heterocycles. The van der Waals surface area contributed by atoms with E-state index in [1.54, 1.807) is 24.3 Å². The minimum Gasteiger partial charge on any atom is -0.481 e. The molecule has 4 rings (SSSR count). The molecule has 118 valence electrons. The second-order valence-corrected chi connectivity index (χ2v) is 6.59. The summed E-state index contributed by atoms with van der Waals surface area (Å²) >= 11 is 0. The molecule has 2 bridgehead atoms. The number of carboxylic acid groups (broad SMARTS) is 1. The third-order valence-electron chi connectivity index (χ3n) is 5.43. The van der Waals surface area contributed by atoms with Crippen molar-refractivity contribution in [1.29, 1.82) is 0 Å². The molecule has 1 aromatic carbocycles. The molecule has 0 radical (unpaired) electrons. The first-order chi connectivity index (χ1) is 11.1. The van der Waals surface area contributed by atoms with Gasteiger partial charge in [0.15, 0.2) is 0 Å². The van der Waals surface area contributed by atoms with Crippen LogP contribution in [0.4, 0.5) is 0 Å². The Morgan fingerprint density at radius 3 is 2.17 bits per heavy atom. The van der Waals surface area contributed by atoms with Crippen molar-refractivity contribution in [2.75, 3.05) is 6.54 Å². The molecule has 5 atom stereocenters. The third kappa shape index (κ3) is 2.03. The number of imide groups is 1. The highest BCUT2D eigenvalue weighted by molar-refractivity contribution is 6.06. The van der Waals surface area contributed by atoms with Crippen molar-refractivity contribution >= 4 is 17.8 Å². The van der Waals surface area contributed by atoms with Gasteiger partial charge in [0.1, 0.15) is 0 Å². The highest BCUT2D eigenvalue weighted by Gasteiger charge is 2.59. The Balaban J connectivity index is 1.60. The number of carbonyl (C=O) groups is 3. The van der Waals surface area contributed by atoms with E-state index in [1.165, 1.54) is 4.90 Å². The number of fused-ring (bicyclic) bond motifs is 5. The summed E-state index contributed by atoms with van der Waals surface area (Å²) < 4.78 is 0. The average molecular weight is 311 g/mol. The molecule has 1 heterocycles. The molecule has 5 unspecified atom stereocenters. The second kappa shape index (κ2) is 5.05. The van der Waals surface area contributed by atoms with E-state index in [9.17, 15) is 19.5 Å². The predicted molar refractivity (Wildman–Crippen MR) is 81.3 cm³/mol. The normalized spacial score (nSPS) is 32.4. The molecule has 2 aliphatic carbocycles. The molecule has 1 saturated carbocycles. The van der Waals surface area contributed by atoms with Crippen LogP contribution in [0, 0.1) is 23.7 Å². The van der Waals surface area contributed by atoms with Gasteiger partial charge in [0.2, 0.25) is 11.8 Å². The Morgan fingerprint density at radius 2 is 1.65 bits per heavy atom. The van der Waals surface area contributed by atoms with E-state index in [-0.39, 0.29) is 42.0 Å². The van der Waals surface area contributed by atoms with E-state index in [1.807, 2.05) is 18.2 Å². The number of hydrogen-bond acceptors (Lipinski definition) is 3. The summed E-state index contributed by atoms with van der Waals surface area (Å²) in [5.41, 5.74) is 0.610. The number of carboxylic acids is 1. The summed E-state index contributed by atoms with van der Waals surface area (Å²) in [6, 6.07) is 8.77. The van der Waals surface area contributed by atoms with Gasteiger partial charge < -0.3 is 5.11 Å². The quantitative estimate of drug-likeness (QED) is 0.678. The zero-order chi connectivity index (χ0) is 16.1. The van der Waals surface area contributed by atoms with Gasteiger partial charge in [0.25, 0.3) is 0 Å². The highest BCUT2D eigenvalue weighted by atomic mass is 16.4. The van der Waals surface area contributed by atoms with Crippen LogP contribution < -0.4 is 0 Å². The SMILES string of the molecule is O=C(O)C(CN1C(=O)C2C3C=CC(C3)C2C1=O)c1ccccc1. The van der Waals surface area contributed by atoms with E-state index in [0.29, 0.717) is 5.56 Å². The first-order valence-corrected chi connectivity index (χ1v) is 7.89. The molecule has 0 spiro atoms. The fourth-order valence-corrected chi connectivity index (χ4v) is 4.34. The van der Waals surface area contributed by atoms with Gasteiger partial charge in [-0.05, 0) is 23.8 Å². The first-order valence-electron chi connectivity index (χ1n) is 7.89. The Labute approximate surface area is 133 Å². The van der Waals surface area contributed by atoms with Crippen molar-refractivity contribution in [2.24, 2.45) is 23.7 Å². The van der Waals surface area contributed by atoms with Gasteiger partial charge in [-0.25, -0.2) is 0 Å². The summed E-state index contributed by atoms with van der Waals surface area (Å²) in [6.45, 7) is -0.0799. The van der Waals surface area contributed by atoms with Crippen LogP contribution in [-0.2, 0) is 14.4 Å². The largest absolute Gasteiger partial charge is 0.481 e. The van der Waals surface area contributed by atoms with Crippen LogP contribution in [0.1, 0.15) is 17.9 Å². The van der Waals surface area contributed by atoms with Crippen LogP contribution in [0.25, 0.3) is 0 Å². The zero-order valence-corrected chi connectivity index (χ0v) is 12.5. The van der Waals surface area contributed by atoms with Crippen LogP contribution in [0.5, 0.6) is 0 Å². The topological polar surface area (TPSA) is 74.7 Å². The van der Waals surface area contributed by atoms with Crippen LogP contribution >= 0.6 is 0 Å². The molecule has 1 N–H and O–H groups in total. The average Bonchev–Trinajstić information content (AvgIpc) is 3.21. The molecule has 2 fully saturated rings. The van der Waals surface area contributed by atoms with Gasteiger partial charge in [0.05, 0.1) is 17.8 Å². The van der Waals surface area contributed by atoms with Crippen LogP contribution in [0.15, 0.2) is 42.5 Å². The van der Waals surface area contributed by atoms with Crippen molar-refractivity contribution in [3.63, 3.8) is 0 Å². The van der Waals surface area contributed by atoms with E-state index in [2.05, 4.69) is 0 Å². The minimum absolute atomic E-state index is 0.0799. The van der Waals surface area contributed by atoms with Crippen molar-refractivity contribution in [1.82, 2.24) is 4.90 Å². The molecule has 1 aromatic rings. The molecule has 23 heavy (non-hydrogen) atoms. The lowest BCUT2D eigenvalue weighted by molar-refractivity contribution is -0.143. The number of aliphatic carboxylic acids is 1. The number of hydrogen-bond donors (Lipinski definition) is 1.